The van der Waals surface area contributed by atoms with Gasteiger partial charge in [-0.2, -0.15) is 9.97 Å². The summed E-state index contributed by atoms with van der Waals surface area (Å²) in [6.07, 6.45) is 4.36. The average molecular weight is 478 g/mol. The molecule has 0 unspecified atom stereocenters. The van der Waals surface area contributed by atoms with Crippen LogP contribution in [-0.4, -0.2) is 77.1 Å². The van der Waals surface area contributed by atoms with E-state index in [2.05, 4.69) is 25.8 Å². The molecule has 2 aromatic rings. The van der Waals surface area contributed by atoms with Gasteiger partial charge in [-0.15, -0.1) is 0 Å². The maximum absolute atomic E-state index is 15.2. The Balaban J connectivity index is 1.45. The van der Waals surface area contributed by atoms with Gasteiger partial charge in [0.15, 0.2) is 11.0 Å². The summed E-state index contributed by atoms with van der Waals surface area (Å²) in [5, 5.41) is 0.304. The molecule has 6 heterocycles. The second kappa shape index (κ2) is 7.99. The summed E-state index contributed by atoms with van der Waals surface area (Å²) in [6.45, 7) is 5.36. The van der Waals surface area contributed by atoms with Crippen molar-refractivity contribution in [3.05, 3.63) is 22.7 Å². The van der Waals surface area contributed by atoms with Crippen LogP contribution in [0.5, 0.6) is 6.01 Å². The number of ether oxygens (including phenoxy) is 2. The summed E-state index contributed by atoms with van der Waals surface area (Å²) in [6, 6.07) is 0.0113. The lowest BCUT2D eigenvalue weighted by atomic mass is 9.95. The fourth-order valence-electron chi connectivity index (χ4n) is 5.88. The molecule has 10 heteroatoms. The van der Waals surface area contributed by atoms with E-state index >= 15 is 4.39 Å². The van der Waals surface area contributed by atoms with Crippen molar-refractivity contribution in [1.82, 2.24) is 19.9 Å². The molecule has 0 aromatic carbocycles. The van der Waals surface area contributed by atoms with Crippen molar-refractivity contribution >= 4 is 33.9 Å². The number of rotatable bonds is 3. The number of aromatic nitrogens is 3. The SMILES string of the molecule is CC1=C[C@@H]2COCCCN2c2nc(OC[C@@]34CCCN3C[C@H](F)C4)nc3c(F)c(Cl)nc1c23. The number of hydrogen-bond donors (Lipinski definition) is 0. The van der Waals surface area contributed by atoms with Crippen LogP contribution < -0.4 is 9.64 Å². The normalized spacial score (nSPS) is 29.5. The zero-order chi connectivity index (χ0) is 22.7. The molecule has 2 aromatic heterocycles. The first-order chi connectivity index (χ1) is 15.9. The average Bonchev–Trinajstić information content (AvgIpc) is 3.17. The quantitative estimate of drug-likeness (QED) is 0.623. The first-order valence-electron chi connectivity index (χ1n) is 11.6. The first-order valence-corrected chi connectivity index (χ1v) is 11.9. The van der Waals surface area contributed by atoms with E-state index in [9.17, 15) is 4.39 Å². The third kappa shape index (κ3) is 3.47. The van der Waals surface area contributed by atoms with E-state index in [1.54, 1.807) is 0 Å². The monoisotopic (exact) mass is 477 g/mol. The third-order valence-corrected chi connectivity index (χ3v) is 7.65. The van der Waals surface area contributed by atoms with Crippen LogP contribution in [0.15, 0.2) is 6.08 Å². The van der Waals surface area contributed by atoms with Crippen molar-refractivity contribution in [3.8, 4) is 6.01 Å². The van der Waals surface area contributed by atoms with Crippen LogP contribution in [0.25, 0.3) is 16.5 Å². The number of halogens is 3. The van der Waals surface area contributed by atoms with Crippen LogP contribution in [0.3, 0.4) is 0 Å². The number of anilines is 1. The summed E-state index contributed by atoms with van der Waals surface area (Å²) in [5.41, 5.74) is 1.20. The fourth-order valence-corrected chi connectivity index (χ4v) is 6.05. The summed E-state index contributed by atoms with van der Waals surface area (Å²) in [7, 11) is 0. The summed E-state index contributed by atoms with van der Waals surface area (Å²) in [5.74, 6) is -0.112. The minimum atomic E-state index is -0.854. The van der Waals surface area contributed by atoms with Crippen molar-refractivity contribution < 1.29 is 18.3 Å². The molecule has 3 fully saturated rings. The topological polar surface area (TPSA) is 63.6 Å². The molecule has 0 bridgehead atoms. The Morgan fingerprint density at radius 2 is 2.15 bits per heavy atom. The molecule has 0 amide bonds. The molecule has 0 N–H and O–H groups in total. The van der Waals surface area contributed by atoms with Crippen molar-refractivity contribution in [1.29, 1.82) is 0 Å². The van der Waals surface area contributed by atoms with Gasteiger partial charge in [0, 0.05) is 26.1 Å². The summed E-state index contributed by atoms with van der Waals surface area (Å²) in [4.78, 5) is 17.8. The highest BCUT2D eigenvalue weighted by Crippen LogP contribution is 2.42. The highest BCUT2D eigenvalue weighted by Gasteiger charge is 2.49. The van der Waals surface area contributed by atoms with Crippen molar-refractivity contribution in [2.45, 2.75) is 50.4 Å². The van der Waals surface area contributed by atoms with E-state index in [-0.39, 0.29) is 34.9 Å². The van der Waals surface area contributed by atoms with E-state index < -0.39 is 12.0 Å². The molecule has 7 nitrogen and oxygen atoms in total. The second-order valence-corrected chi connectivity index (χ2v) is 9.88. The van der Waals surface area contributed by atoms with Gasteiger partial charge in [-0.1, -0.05) is 17.7 Å². The first kappa shape index (κ1) is 21.4. The second-order valence-electron chi connectivity index (χ2n) is 9.52. The van der Waals surface area contributed by atoms with Crippen LogP contribution in [0.2, 0.25) is 5.15 Å². The molecule has 0 saturated carbocycles. The van der Waals surface area contributed by atoms with E-state index in [1.165, 1.54) is 0 Å². The smallest absolute Gasteiger partial charge is 0.319 e. The van der Waals surface area contributed by atoms with E-state index in [0.717, 1.165) is 31.4 Å². The molecule has 4 aliphatic rings. The molecule has 3 atom stereocenters. The molecular weight excluding hydrogens is 452 g/mol. The van der Waals surface area contributed by atoms with Crippen LogP contribution in [0, 0.1) is 5.82 Å². The largest absolute Gasteiger partial charge is 0.461 e. The molecule has 3 saturated heterocycles. The lowest BCUT2D eigenvalue weighted by Gasteiger charge is -2.31. The lowest BCUT2D eigenvalue weighted by Crippen LogP contribution is -2.43. The highest BCUT2D eigenvalue weighted by atomic mass is 35.5. The van der Waals surface area contributed by atoms with Crippen LogP contribution in [-0.2, 0) is 4.74 Å². The Morgan fingerprint density at radius 3 is 3.03 bits per heavy atom. The van der Waals surface area contributed by atoms with Gasteiger partial charge in [0.05, 0.1) is 29.3 Å². The summed E-state index contributed by atoms with van der Waals surface area (Å²) < 4.78 is 41.3. The third-order valence-electron chi connectivity index (χ3n) is 7.40. The number of fused-ring (bicyclic) bond motifs is 3. The predicted octanol–water partition coefficient (Wildman–Crippen LogP) is 3.78. The molecule has 0 spiro atoms. The minimum Gasteiger partial charge on any atom is -0.461 e. The molecule has 0 radical (unpaired) electrons. The Bertz CT molecular complexity index is 1150. The van der Waals surface area contributed by atoms with Gasteiger partial charge in [-0.25, -0.2) is 13.8 Å². The van der Waals surface area contributed by atoms with Crippen molar-refractivity contribution in [2.75, 3.05) is 44.4 Å². The lowest BCUT2D eigenvalue weighted by molar-refractivity contribution is 0.107. The highest BCUT2D eigenvalue weighted by molar-refractivity contribution is 6.30. The van der Waals surface area contributed by atoms with Crippen molar-refractivity contribution in [2.24, 2.45) is 0 Å². The Labute approximate surface area is 195 Å². The number of nitrogens with zero attached hydrogens (tertiary/aromatic N) is 5. The summed E-state index contributed by atoms with van der Waals surface area (Å²) >= 11 is 6.17. The van der Waals surface area contributed by atoms with E-state index in [4.69, 9.17) is 26.1 Å². The number of allylic oxidation sites excluding steroid dienone is 1. The molecular formula is C23H26ClF2N5O2. The number of pyridine rings is 1. The van der Waals surface area contributed by atoms with Crippen molar-refractivity contribution in [3.63, 3.8) is 0 Å². The van der Waals surface area contributed by atoms with Crippen LogP contribution >= 0.6 is 11.6 Å². The van der Waals surface area contributed by atoms with Crippen LogP contribution in [0.1, 0.15) is 38.3 Å². The van der Waals surface area contributed by atoms with Gasteiger partial charge in [0.25, 0.3) is 0 Å². The van der Waals surface area contributed by atoms with Crippen LogP contribution in [0.4, 0.5) is 14.6 Å². The minimum absolute atomic E-state index is 0.0690. The number of alkyl halides is 1. The number of hydrogen-bond acceptors (Lipinski definition) is 7. The van der Waals surface area contributed by atoms with Gasteiger partial charge in [0.2, 0.25) is 0 Å². The molecule has 4 aliphatic heterocycles. The van der Waals surface area contributed by atoms with Gasteiger partial charge in [-0.05, 0) is 38.3 Å². The molecule has 33 heavy (non-hydrogen) atoms. The zero-order valence-electron chi connectivity index (χ0n) is 18.5. The molecule has 6 rings (SSSR count). The predicted molar refractivity (Wildman–Crippen MR) is 121 cm³/mol. The fraction of sp³-hybridized carbons (Fsp3) is 0.609. The van der Waals surface area contributed by atoms with Gasteiger partial charge in [0.1, 0.15) is 24.1 Å². The molecule has 0 aliphatic carbocycles. The van der Waals surface area contributed by atoms with E-state index in [0.29, 0.717) is 49.6 Å². The van der Waals surface area contributed by atoms with E-state index in [1.807, 2.05) is 6.92 Å². The van der Waals surface area contributed by atoms with Gasteiger partial charge >= 0.3 is 6.01 Å². The molecule has 176 valence electrons. The maximum Gasteiger partial charge on any atom is 0.319 e. The standard InChI is InChI=1S/C23H26ClF2N5O2/c1-13-8-15-11-32-7-3-6-31(15)21-16-18(13)27-20(24)17(26)19(16)28-22(29-21)33-12-23-4-2-5-30(23)10-14(25)9-23/h8,14-15H,2-7,9-12H2,1H3/t14-,15-,23+/m1/s1. The Hall–Kier alpha value is -2.10. The Kier molecular flexibility index (Phi) is 5.19. The zero-order valence-corrected chi connectivity index (χ0v) is 19.2. The van der Waals surface area contributed by atoms with Gasteiger partial charge < -0.3 is 14.4 Å². The van der Waals surface area contributed by atoms with Gasteiger partial charge in [-0.3, -0.25) is 4.90 Å². The maximum atomic E-state index is 15.2. The Morgan fingerprint density at radius 1 is 1.27 bits per heavy atom.